The first kappa shape index (κ1) is 15.3. The van der Waals surface area contributed by atoms with Gasteiger partial charge in [0.05, 0.1) is 12.8 Å². The van der Waals surface area contributed by atoms with Crippen LogP contribution in [0, 0.1) is 0 Å². The Balaban J connectivity index is 2.53. The maximum absolute atomic E-state index is 12.5. The second-order valence-corrected chi connectivity index (χ2v) is 5.47. The lowest BCUT2D eigenvalue weighted by molar-refractivity contribution is -0.141. The van der Waals surface area contributed by atoms with E-state index in [0.29, 0.717) is 0 Å². The van der Waals surface area contributed by atoms with Crippen LogP contribution in [0.1, 0.15) is 5.69 Å². The van der Waals surface area contributed by atoms with Crippen LogP contribution in [-0.4, -0.2) is 30.7 Å². The SMILES string of the molecule is COc1ncc(-c2cc(C(F)(F)F)[nH]n2)cc1S(N)(=O)=O. The number of aromatic amines is 1. The molecule has 3 N–H and O–H groups in total. The minimum absolute atomic E-state index is 0.0478. The van der Waals surface area contributed by atoms with Crippen LogP contribution in [0.3, 0.4) is 0 Å². The molecule has 0 saturated carbocycles. The van der Waals surface area contributed by atoms with Gasteiger partial charge >= 0.3 is 6.18 Å². The number of nitrogens with zero attached hydrogens (tertiary/aromatic N) is 2. The van der Waals surface area contributed by atoms with Gasteiger partial charge in [0.25, 0.3) is 0 Å². The van der Waals surface area contributed by atoms with Crippen LogP contribution in [0.4, 0.5) is 13.2 Å². The number of rotatable bonds is 3. The number of alkyl halides is 3. The van der Waals surface area contributed by atoms with Gasteiger partial charge in [0, 0.05) is 11.8 Å². The van der Waals surface area contributed by atoms with Gasteiger partial charge < -0.3 is 4.74 Å². The van der Waals surface area contributed by atoms with Gasteiger partial charge in [-0.15, -0.1) is 0 Å². The third-order valence-electron chi connectivity index (χ3n) is 2.50. The van der Waals surface area contributed by atoms with E-state index in [2.05, 4.69) is 10.1 Å². The number of pyridine rings is 1. The molecule has 114 valence electrons. The van der Waals surface area contributed by atoms with Crippen molar-refractivity contribution in [1.29, 1.82) is 0 Å². The first-order valence-corrected chi connectivity index (χ1v) is 6.87. The quantitative estimate of drug-likeness (QED) is 0.880. The molecule has 0 aliphatic heterocycles. The molecule has 2 rings (SSSR count). The Morgan fingerprint density at radius 1 is 1.33 bits per heavy atom. The molecule has 2 aromatic heterocycles. The summed E-state index contributed by atoms with van der Waals surface area (Å²) in [7, 11) is -2.96. The minimum atomic E-state index is -4.59. The molecule has 0 bridgehead atoms. The highest BCUT2D eigenvalue weighted by Crippen LogP contribution is 2.31. The van der Waals surface area contributed by atoms with Crippen LogP contribution in [0.2, 0.25) is 0 Å². The molecule has 0 aliphatic rings. The molecular formula is C10H9F3N4O3S. The summed E-state index contributed by atoms with van der Waals surface area (Å²) in [5, 5.41) is 10.3. The third kappa shape index (κ3) is 3.13. The van der Waals surface area contributed by atoms with Gasteiger partial charge in [0.15, 0.2) is 0 Å². The van der Waals surface area contributed by atoms with E-state index in [1.807, 2.05) is 5.10 Å². The molecule has 7 nitrogen and oxygen atoms in total. The van der Waals surface area contributed by atoms with Crippen LogP contribution in [0.25, 0.3) is 11.3 Å². The fraction of sp³-hybridized carbons (Fsp3) is 0.200. The number of sulfonamides is 1. The predicted molar refractivity (Wildman–Crippen MR) is 64.7 cm³/mol. The van der Waals surface area contributed by atoms with Gasteiger partial charge in [0.2, 0.25) is 15.9 Å². The molecule has 0 fully saturated rings. The second-order valence-electron chi connectivity index (χ2n) is 3.94. The maximum atomic E-state index is 12.5. The molecule has 0 atom stereocenters. The van der Waals surface area contributed by atoms with Gasteiger partial charge in [-0.3, -0.25) is 5.10 Å². The molecular weight excluding hydrogens is 313 g/mol. The second kappa shape index (κ2) is 5.00. The fourth-order valence-corrected chi connectivity index (χ4v) is 2.21. The van der Waals surface area contributed by atoms with Crippen molar-refractivity contribution in [2.45, 2.75) is 11.1 Å². The summed E-state index contributed by atoms with van der Waals surface area (Å²) >= 11 is 0. The molecule has 0 aliphatic carbocycles. The zero-order chi connectivity index (χ0) is 15.8. The molecule has 0 saturated heterocycles. The van der Waals surface area contributed by atoms with Crippen molar-refractivity contribution in [3.05, 3.63) is 24.0 Å². The summed E-state index contributed by atoms with van der Waals surface area (Å²) in [4.78, 5) is 3.25. The Morgan fingerprint density at radius 3 is 2.48 bits per heavy atom. The van der Waals surface area contributed by atoms with Crippen LogP contribution in [-0.2, 0) is 16.2 Å². The summed E-state index contributed by atoms with van der Waals surface area (Å²) < 4.78 is 65.0. The molecule has 0 unspecified atom stereocenters. The Kier molecular flexibility index (Phi) is 3.63. The van der Waals surface area contributed by atoms with Gasteiger partial charge in [0.1, 0.15) is 10.6 Å². The van der Waals surface area contributed by atoms with E-state index < -0.39 is 26.8 Å². The molecule has 0 radical (unpaired) electrons. The monoisotopic (exact) mass is 322 g/mol. The van der Waals surface area contributed by atoms with E-state index in [-0.39, 0.29) is 17.1 Å². The highest BCUT2D eigenvalue weighted by Gasteiger charge is 2.33. The Labute approximate surface area is 117 Å². The van der Waals surface area contributed by atoms with Crippen LogP contribution >= 0.6 is 0 Å². The lowest BCUT2D eigenvalue weighted by Gasteiger charge is -2.06. The molecule has 0 amide bonds. The summed E-state index contributed by atoms with van der Waals surface area (Å²) in [6.07, 6.45) is -3.46. The summed E-state index contributed by atoms with van der Waals surface area (Å²) in [6.45, 7) is 0. The molecule has 2 heterocycles. The average molecular weight is 322 g/mol. The van der Waals surface area contributed by atoms with Crippen molar-refractivity contribution in [2.24, 2.45) is 5.14 Å². The third-order valence-corrected chi connectivity index (χ3v) is 3.40. The predicted octanol–water partition coefficient (Wildman–Crippen LogP) is 1.15. The van der Waals surface area contributed by atoms with E-state index in [0.717, 1.165) is 18.3 Å². The fourth-order valence-electron chi connectivity index (χ4n) is 1.54. The van der Waals surface area contributed by atoms with Crippen molar-refractivity contribution >= 4 is 10.0 Å². The lowest BCUT2D eigenvalue weighted by Crippen LogP contribution is -2.14. The first-order valence-electron chi connectivity index (χ1n) is 5.32. The number of H-pyrrole nitrogens is 1. The van der Waals surface area contributed by atoms with Crippen LogP contribution < -0.4 is 9.88 Å². The number of primary sulfonamides is 1. The van der Waals surface area contributed by atoms with Crippen molar-refractivity contribution in [2.75, 3.05) is 7.11 Å². The normalized spacial score (nSPS) is 12.4. The van der Waals surface area contributed by atoms with Crippen LogP contribution in [0.15, 0.2) is 23.2 Å². The van der Waals surface area contributed by atoms with E-state index in [1.54, 1.807) is 0 Å². The van der Waals surface area contributed by atoms with Crippen molar-refractivity contribution < 1.29 is 26.3 Å². The molecule has 0 aromatic carbocycles. The first-order chi connectivity index (χ1) is 9.63. The van der Waals surface area contributed by atoms with Gasteiger partial charge in [-0.1, -0.05) is 0 Å². The van der Waals surface area contributed by atoms with E-state index in [4.69, 9.17) is 9.88 Å². The van der Waals surface area contributed by atoms with Gasteiger partial charge in [-0.25, -0.2) is 18.5 Å². The minimum Gasteiger partial charge on any atom is -0.480 e. The van der Waals surface area contributed by atoms with E-state index >= 15 is 0 Å². The van der Waals surface area contributed by atoms with Crippen molar-refractivity contribution in [1.82, 2.24) is 15.2 Å². The highest BCUT2D eigenvalue weighted by atomic mass is 32.2. The number of ether oxygens (including phenoxy) is 1. The van der Waals surface area contributed by atoms with Gasteiger partial charge in [-0.2, -0.15) is 18.3 Å². The maximum Gasteiger partial charge on any atom is 0.432 e. The zero-order valence-corrected chi connectivity index (χ0v) is 11.3. The molecule has 0 spiro atoms. The Morgan fingerprint density at radius 2 is 2.00 bits per heavy atom. The number of hydrogen-bond acceptors (Lipinski definition) is 5. The van der Waals surface area contributed by atoms with Crippen LogP contribution in [0.5, 0.6) is 5.88 Å². The number of halogens is 3. The zero-order valence-electron chi connectivity index (χ0n) is 10.5. The summed E-state index contributed by atoms with van der Waals surface area (Å²) in [5.41, 5.74) is -1.14. The summed E-state index contributed by atoms with van der Waals surface area (Å²) in [5.74, 6) is -0.257. The molecule has 2 aromatic rings. The Hall–Kier alpha value is -2.14. The number of hydrogen-bond donors (Lipinski definition) is 2. The van der Waals surface area contributed by atoms with E-state index in [1.165, 1.54) is 7.11 Å². The number of methoxy groups -OCH3 is 1. The van der Waals surface area contributed by atoms with E-state index in [9.17, 15) is 21.6 Å². The number of nitrogens with two attached hydrogens (primary N) is 1. The Bertz CT molecular complexity index is 770. The standard InChI is InChI=1S/C10H9F3N4O3S/c1-20-9-7(21(14,18)19)2-5(4-15-9)6-3-8(17-16-6)10(11,12)13/h2-4H,1H3,(H,16,17)(H2,14,18,19). The van der Waals surface area contributed by atoms with Crippen molar-refractivity contribution in [3.63, 3.8) is 0 Å². The molecule has 21 heavy (non-hydrogen) atoms. The smallest absolute Gasteiger partial charge is 0.432 e. The number of aromatic nitrogens is 3. The highest BCUT2D eigenvalue weighted by molar-refractivity contribution is 7.89. The topological polar surface area (TPSA) is 111 Å². The molecule has 11 heteroatoms. The van der Waals surface area contributed by atoms with Crippen molar-refractivity contribution in [3.8, 4) is 17.1 Å². The average Bonchev–Trinajstić information content (AvgIpc) is 2.86. The van der Waals surface area contributed by atoms with Gasteiger partial charge in [-0.05, 0) is 12.1 Å². The summed E-state index contributed by atoms with van der Waals surface area (Å²) in [6, 6.07) is 1.77. The number of nitrogens with one attached hydrogen (secondary N) is 1. The largest absolute Gasteiger partial charge is 0.480 e. The lowest BCUT2D eigenvalue weighted by atomic mass is 10.2.